The average Bonchev–Trinajstić information content (AvgIpc) is 3.68. The maximum Gasteiger partial charge on any atom is 0.0802 e. The van der Waals surface area contributed by atoms with E-state index in [1.807, 2.05) is 24.7 Å². The van der Waals surface area contributed by atoms with Crippen molar-refractivity contribution in [1.29, 1.82) is 0 Å². The van der Waals surface area contributed by atoms with Crippen LogP contribution in [0.3, 0.4) is 0 Å². The van der Waals surface area contributed by atoms with E-state index in [0.717, 1.165) is 46.1 Å². The highest BCUT2D eigenvalue weighted by Crippen LogP contribution is 2.40. The van der Waals surface area contributed by atoms with Crippen LogP contribution in [-0.2, 0) is 0 Å². The van der Waals surface area contributed by atoms with E-state index in [1.54, 1.807) is 0 Å². The molecule has 1 aliphatic carbocycles. The van der Waals surface area contributed by atoms with E-state index in [9.17, 15) is 0 Å². The number of nitrogens with zero attached hydrogens (tertiary/aromatic N) is 4. The number of pyridine rings is 2. The number of hydrogen-bond donors (Lipinski definition) is 0. The van der Waals surface area contributed by atoms with Crippen molar-refractivity contribution in [2.24, 2.45) is 0 Å². The first kappa shape index (κ1) is 26.9. The van der Waals surface area contributed by atoms with Crippen molar-refractivity contribution in [2.45, 2.75) is 12.8 Å². The van der Waals surface area contributed by atoms with Gasteiger partial charge in [-0.3, -0.25) is 9.97 Å². The molecule has 5 aromatic carbocycles. The van der Waals surface area contributed by atoms with Gasteiger partial charge in [-0.25, -0.2) is 0 Å². The molecule has 4 heterocycles. The Morgan fingerprint density at radius 1 is 0.521 bits per heavy atom. The molecule has 9 aromatic rings. The van der Waals surface area contributed by atoms with Gasteiger partial charge in [-0.15, -0.1) is 0 Å². The zero-order valence-electron chi connectivity index (χ0n) is 26.2. The summed E-state index contributed by atoms with van der Waals surface area (Å²) in [5.74, 6) is 0. The smallest absolute Gasteiger partial charge is 0.0802 e. The Bertz CT molecular complexity index is 2720. The molecule has 226 valence electrons. The number of benzene rings is 5. The van der Waals surface area contributed by atoms with Crippen molar-refractivity contribution in [3.63, 3.8) is 0 Å². The van der Waals surface area contributed by atoms with Gasteiger partial charge in [-0.2, -0.15) is 0 Å². The summed E-state index contributed by atoms with van der Waals surface area (Å²) in [7, 11) is 0. The molecule has 4 nitrogen and oxygen atoms in total. The second-order valence-electron chi connectivity index (χ2n) is 12.6. The maximum atomic E-state index is 4.89. The second kappa shape index (κ2) is 10.6. The van der Waals surface area contributed by atoms with Crippen molar-refractivity contribution in [2.75, 3.05) is 0 Å². The number of aromatic nitrogens is 4. The van der Waals surface area contributed by atoms with Crippen LogP contribution in [0, 0.1) is 0 Å². The molecule has 0 unspecified atom stereocenters. The van der Waals surface area contributed by atoms with Crippen LogP contribution in [-0.4, -0.2) is 19.1 Å². The minimum absolute atomic E-state index is 0.992. The van der Waals surface area contributed by atoms with Gasteiger partial charge in [0.1, 0.15) is 0 Å². The lowest BCUT2D eigenvalue weighted by Crippen LogP contribution is -2.00. The average molecular weight is 615 g/mol. The Labute approximate surface area is 277 Å². The third kappa shape index (κ3) is 4.09. The van der Waals surface area contributed by atoms with E-state index in [4.69, 9.17) is 4.98 Å². The fraction of sp³-hybridized carbons (Fsp3) is 0.0455. The van der Waals surface area contributed by atoms with E-state index in [2.05, 4.69) is 148 Å². The molecular formula is C44H30N4. The zero-order valence-corrected chi connectivity index (χ0v) is 26.2. The molecule has 1 aliphatic rings. The van der Waals surface area contributed by atoms with Gasteiger partial charge in [0.05, 0.1) is 27.6 Å². The van der Waals surface area contributed by atoms with Crippen LogP contribution in [0.25, 0.3) is 82.6 Å². The van der Waals surface area contributed by atoms with E-state index in [0.29, 0.717) is 0 Å². The lowest BCUT2D eigenvalue weighted by molar-refractivity contribution is 1.04. The molecule has 0 amide bonds. The molecule has 0 saturated heterocycles. The molecule has 0 fully saturated rings. The van der Waals surface area contributed by atoms with Crippen LogP contribution in [0.1, 0.15) is 18.4 Å². The van der Waals surface area contributed by atoms with Crippen LogP contribution >= 0.6 is 0 Å². The Morgan fingerprint density at radius 3 is 2.17 bits per heavy atom. The van der Waals surface area contributed by atoms with Gasteiger partial charge < -0.3 is 9.13 Å². The monoisotopic (exact) mass is 614 g/mol. The third-order valence-electron chi connectivity index (χ3n) is 9.92. The van der Waals surface area contributed by atoms with E-state index < -0.39 is 0 Å². The van der Waals surface area contributed by atoms with E-state index in [-0.39, 0.29) is 0 Å². The highest BCUT2D eigenvalue weighted by atomic mass is 15.0. The number of hydrogen-bond acceptors (Lipinski definition) is 2. The molecule has 10 rings (SSSR count). The minimum Gasteiger partial charge on any atom is -0.310 e. The standard InChI is InChI=1S/C44H30N4/c1-3-15-39-36(13-1)37-14-2-4-16-40(37)47(39)34-11-6-9-32(27-34)33-17-19-38-42(28-33)48(41-20-18-30-10-7-23-46-44(30)43(38)41)35-12-5-8-31(26-35)29-21-24-45-25-22-29/h1-5,7-8,10-28H,6,9H2. The molecule has 0 atom stereocenters. The summed E-state index contributed by atoms with van der Waals surface area (Å²) in [5, 5.41) is 6.12. The predicted octanol–water partition coefficient (Wildman–Crippen LogP) is 11.2. The SMILES string of the molecule is C1=C(c2ccc3c4c5ncccc5ccc4n(-c4cccc(-c5ccncc5)c4)c3c2)CCC=C1n1c2ccccc2c2ccccc21. The van der Waals surface area contributed by atoms with Gasteiger partial charge in [-0.1, -0.05) is 78.9 Å². The topological polar surface area (TPSA) is 35.6 Å². The number of allylic oxidation sites excluding steroid dienone is 4. The largest absolute Gasteiger partial charge is 0.310 e. The number of rotatable bonds is 4. The van der Waals surface area contributed by atoms with Crippen LogP contribution in [0.4, 0.5) is 0 Å². The fourth-order valence-electron chi connectivity index (χ4n) is 7.76. The zero-order chi connectivity index (χ0) is 31.6. The molecule has 0 saturated carbocycles. The molecule has 0 bridgehead atoms. The Hall–Kier alpha value is -6.26. The van der Waals surface area contributed by atoms with Crippen molar-refractivity contribution in [3.05, 3.63) is 164 Å². The predicted molar refractivity (Wildman–Crippen MR) is 200 cm³/mol. The maximum absolute atomic E-state index is 4.89. The van der Waals surface area contributed by atoms with Gasteiger partial charge in [-0.05, 0) is 95.8 Å². The van der Waals surface area contributed by atoms with Crippen LogP contribution in [0.2, 0.25) is 0 Å². The Balaban J connectivity index is 1.19. The highest BCUT2D eigenvalue weighted by molar-refractivity contribution is 6.20. The van der Waals surface area contributed by atoms with E-state index >= 15 is 0 Å². The second-order valence-corrected chi connectivity index (χ2v) is 12.6. The fourth-order valence-corrected chi connectivity index (χ4v) is 7.76. The summed E-state index contributed by atoms with van der Waals surface area (Å²) in [5.41, 5.74) is 13.1. The Kier molecular flexibility index (Phi) is 5.97. The van der Waals surface area contributed by atoms with Gasteiger partial charge in [0, 0.05) is 56.9 Å². The first-order valence-corrected chi connectivity index (χ1v) is 16.5. The lowest BCUT2D eigenvalue weighted by atomic mass is 9.95. The van der Waals surface area contributed by atoms with Crippen molar-refractivity contribution < 1.29 is 0 Å². The van der Waals surface area contributed by atoms with Gasteiger partial charge >= 0.3 is 0 Å². The van der Waals surface area contributed by atoms with Crippen molar-refractivity contribution in [3.8, 4) is 16.8 Å². The molecule has 4 aromatic heterocycles. The molecule has 48 heavy (non-hydrogen) atoms. The Morgan fingerprint density at radius 2 is 1.33 bits per heavy atom. The van der Waals surface area contributed by atoms with Crippen molar-refractivity contribution in [1.82, 2.24) is 19.1 Å². The molecule has 4 heteroatoms. The lowest BCUT2D eigenvalue weighted by Gasteiger charge is -2.18. The summed E-state index contributed by atoms with van der Waals surface area (Å²) in [4.78, 5) is 9.13. The van der Waals surface area contributed by atoms with Crippen molar-refractivity contribution >= 4 is 65.8 Å². The molecule has 0 aliphatic heterocycles. The molecule has 0 spiro atoms. The summed E-state index contributed by atoms with van der Waals surface area (Å²) >= 11 is 0. The first-order chi connectivity index (χ1) is 23.8. The minimum atomic E-state index is 0.992. The van der Waals surface area contributed by atoms with E-state index in [1.165, 1.54) is 54.9 Å². The number of fused-ring (bicyclic) bond motifs is 8. The first-order valence-electron chi connectivity index (χ1n) is 16.5. The van der Waals surface area contributed by atoms with Gasteiger partial charge in [0.25, 0.3) is 0 Å². The van der Waals surface area contributed by atoms with Crippen LogP contribution in [0.5, 0.6) is 0 Å². The summed E-state index contributed by atoms with van der Waals surface area (Å²) < 4.78 is 4.85. The van der Waals surface area contributed by atoms with Gasteiger partial charge in [0.15, 0.2) is 0 Å². The summed E-state index contributed by atoms with van der Waals surface area (Å²) in [6, 6.07) is 46.1. The third-order valence-corrected chi connectivity index (χ3v) is 9.92. The highest BCUT2D eigenvalue weighted by Gasteiger charge is 2.19. The molecule has 0 N–H and O–H groups in total. The van der Waals surface area contributed by atoms with Crippen LogP contribution in [0.15, 0.2) is 158 Å². The normalized spacial score (nSPS) is 13.5. The summed E-state index contributed by atoms with van der Waals surface area (Å²) in [6.07, 6.45) is 12.4. The molecule has 0 radical (unpaired) electrons. The van der Waals surface area contributed by atoms with Crippen LogP contribution < -0.4 is 0 Å². The molecular weight excluding hydrogens is 585 g/mol. The van der Waals surface area contributed by atoms with Gasteiger partial charge in [0.2, 0.25) is 0 Å². The number of para-hydroxylation sites is 2. The summed E-state index contributed by atoms with van der Waals surface area (Å²) in [6.45, 7) is 0. The quantitative estimate of drug-likeness (QED) is 0.198.